The second-order valence-electron chi connectivity index (χ2n) is 5.90. The van der Waals surface area contributed by atoms with Gasteiger partial charge in [0.25, 0.3) is 5.91 Å². The number of carbonyl (C=O) groups is 1. The van der Waals surface area contributed by atoms with Gasteiger partial charge in [0.1, 0.15) is 18.8 Å². The zero-order valence-corrected chi connectivity index (χ0v) is 13.3. The minimum Gasteiger partial charge on any atom is -0.368 e. The number of aromatic nitrogens is 5. The standard InChI is InChI=1S/C15H19N7O2/c23-15(12-2-1-9-24-12)21-7-5-20(6-8-21)13-3-4-14(19-18-13)22-11-16-10-17-22/h3-4,10-12H,1-2,5-9H2/t12-/m0/s1. The van der Waals surface area contributed by atoms with E-state index in [1.54, 1.807) is 11.0 Å². The largest absolute Gasteiger partial charge is 0.368 e. The van der Waals surface area contributed by atoms with E-state index in [-0.39, 0.29) is 12.0 Å². The van der Waals surface area contributed by atoms with Crippen molar-refractivity contribution in [3.63, 3.8) is 0 Å². The van der Waals surface area contributed by atoms with Gasteiger partial charge in [-0.25, -0.2) is 9.67 Å². The average Bonchev–Trinajstić information content (AvgIpc) is 3.35. The molecule has 126 valence electrons. The molecule has 0 bridgehead atoms. The second kappa shape index (κ2) is 6.52. The van der Waals surface area contributed by atoms with Crippen molar-refractivity contribution in [3.8, 4) is 5.82 Å². The van der Waals surface area contributed by atoms with Crippen LogP contribution >= 0.6 is 0 Å². The molecule has 24 heavy (non-hydrogen) atoms. The number of ether oxygens (including phenoxy) is 1. The highest BCUT2D eigenvalue weighted by Gasteiger charge is 2.30. The van der Waals surface area contributed by atoms with E-state index in [9.17, 15) is 4.79 Å². The molecule has 9 heteroatoms. The summed E-state index contributed by atoms with van der Waals surface area (Å²) in [6, 6.07) is 3.78. The molecule has 0 N–H and O–H groups in total. The first kappa shape index (κ1) is 15.0. The summed E-state index contributed by atoms with van der Waals surface area (Å²) in [7, 11) is 0. The lowest BCUT2D eigenvalue weighted by molar-refractivity contribution is -0.141. The van der Waals surface area contributed by atoms with Gasteiger partial charge in [-0.05, 0) is 25.0 Å². The topological polar surface area (TPSA) is 89.3 Å². The highest BCUT2D eigenvalue weighted by atomic mass is 16.5. The molecule has 0 spiro atoms. The molecule has 0 aliphatic carbocycles. The van der Waals surface area contributed by atoms with Crippen LogP contribution in [-0.2, 0) is 9.53 Å². The normalized spacial score (nSPS) is 21.2. The Morgan fingerprint density at radius 2 is 1.92 bits per heavy atom. The minimum atomic E-state index is -0.238. The van der Waals surface area contributed by atoms with Gasteiger partial charge in [0.05, 0.1) is 0 Å². The van der Waals surface area contributed by atoms with Crippen molar-refractivity contribution < 1.29 is 9.53 Å². The summed E-state index contributed by atoms with van der Waals surface area (Å²) < 4.78 is 7.05. The molecule has 9 nitrogen and oxygen atoms in total. The molecular weight excluding hydrogens is 310 g/mol. The molecule has 2 fully saturated rings. The molecule has 2 aromatic rings. The monoisotopic (exact) mass is 329 g/mol. The molecule has 4 rings (SSSR count). The number of piperazine rings is 1. The lowest BCUT2D eigenvalue weighted by atomic mass is 10.2. The van der Waals surface area contributed by atoms with Crippen LogP contribution < -0.4 is 4.90 Å². The van der Waals surface area contributed by atoms with Gasteiger partial charge in [0.15, 0.2) is 11.6 Å². The predicted molar refractivity (Wildman–Crippen MR) is 84.7 cm³/mol. The van der Waals surface area contributed by atoms with E-state index in [0.29, 0.717) is 25.5 Å². The van der Waals surface area contributed by atoms with Crippen LogP contribution in [0, 0.1) is 0 Å². The molecule has 2 saturated heterocycles. The quantitative estimate of drug-likeness (QED) is 0.776. The number of hydrogen-bond donors (Lipinski definition) is 0. The zero-order chi connectivity index (χ0) is 16.4. The first-order chi connectivity index (χ1) is 11.8. The van der Waals surface area contributed by atoms with Crippen molar-refractivity contribution in [1.82, 2.24) is 29.9 Å². The molecule has 0 radical (unpaired) electrons. The molecule has 4 heterocycles. The third-order valence-electron chi connectivity index (χ3n) is 4.41. The highest BCUT2D eigenvalue weighted by molar-refractivity contribution is 5.81. The maximum Gasteiger partial charge on any atom is 0.251 e. The van der Waals surface area contributed by atoms with Crippen LogP contribution in [0.15, 0.2) is 24.8 Å². The highest BCUT2D eigenvalue weighted by Crippen LogP contribution is 2.18. The van der Waals surface area contributed by atoms with Crippen LogP contribution in [0.1, 0.15) is 12.8 Å². The number of rotatable bonds is 3. The van der Waals surface area contributed by atoms with Gasteiger partial charge in [0.2, 0.25) is 0 Å². The van der Waals surface area contributed by atoms with E-state index in [0.717, 1.165) is 31.7 Å². The molecule has 2 aliphatic heterocycles. The van der Waals surface area contributed by atoms with E-state index in [4.69, 9.17) is 4.74 Å². The van der Waals surface area contributed by atoms with Gasteiger partial charge in [-0.1, -0.05) is 0 Å². The summed E-state index contributed by atoms with van der Waals surface area (Å²) in [5, 5.41) is 12.5. The maximum absolute atomic E-state index is 12.4. The molecule has 2 aromatic heterocycles. The van der Waals surface area contributed by atoms with E-state index in [1.807, 2.05) is 17.0 Å². The van der Waals surface area contributed by atoms with Crippen molar-refractivity contribution in [2.24, 2.45) is 0 Å². The fraction of sp³-hybridized carbons (Fsp3) is 0.533. The minimum absolute atomic E-state index is 0.125. The first-order valence-corrected chi connectivity index (χ1v) is 8.15. The van der Waals surface area contributed by atoms with Gasteiger partial charge >= 0.3 is 0 Å². The summed E-state index contributed by atoms with van der Waals surface area (Å²) in [4.78, 5) is 20.3. The van der Waals surface area contributed by atoms with Crippen LogP contribution in [0.2, 0.25) is 0 Å². The van der Waals surface area contributed by atoms with E-state index >= 15 is 0 Å². The smallest absolute Gasteiger partial charge is 0.251 e. The van der Waals surface area contributed by atoms with Crippen molar-refractivity contribution in [3.05, 3.63) is 24.8 Å². The lowest BCUT2D eigenvalue weighted by Gasteiger charge is -2.36. The van der Waals surface area contributed by atoms with Gasteiger partial charge in [0, 0.05) is 32.8 Å². The second-order valence-corrected chi connectivity index (χ2v) is 5.90. The molecule has 1 amide bonds. The van der Waals surface area contributed by atoms with Crippen molar-refractivity contribution in [1.29, 1.82) is 0 Å². The lowest BCUT2D eigenvalue weighted by Crippen LogP contribution is -2.51. The number of anilines is 1. The van der Waals surface area contributed by atoms with E-state index < -0.39 is 0 Å². The predicted octanol–water partition coefficient (Wildman–Crippen LogP) is -0.115. The fourth-order valence-electron chi connectivity index (χ4n) is 3.07. The van der Waals surface area contributed by atoms with Crippen LogP contribution in [0.25, 0.3) is 5.82 Å². The molecule has 0 saturated carbocycles. The Hall–Kier alpha value is -2.55. The van der Waals surface area contributed by atoms with Crippen LogP contribution in [0.3, 0.4) is 0 Å². The maximum atomic E-state index is 12.4. The summed E-state index contributed by atoms with van der Waals surface area (Å²) in [5.41, 5.74) is 0. The van der Waals surface area contributed by atoms with Crippen molar-refractivity contribution in [2.45, 2.75) is 18.9 Å². The van der Waals surface area contributed by atoms with Crippen LogP contribution in [0.4, 0.5) is 5.82 Å². The fourth-order valence-corrected chi connectivity index (χ4v) is 3.07. The Bertz CT molecular complexity index is 674. The Morgan fingerprint density at radius 1 is 1.12 bits per heavy atom. The van der Waals surface area contributed by atoms with Crippen LogP contribution in [0.5, 0.6) is 0 Å². The average molecular weight is 329 g/mol. The van der Waals surface area contributed by atoms with Gasteiger partial charge in [-0.15, -0.1) is 10.2 Å². The number of hydrogen-bond acceptors (Lipinski definition) is 7. The Kier molecular flexibility index (Phi) is 4.08. The molecule has 2 aliphatic rings. The van der Waals surface area contributed by atoms with Crippen LogP contribution in [-0.4, -0.2) is 74.7 Å². The number of carbonyl (C=O) groups excluding carboxylic acids is 1. The Labute approximate surface area is 139 Å². The van der Waals surface area contributed by atoms with Crippen molar-refractivity contribution in [2.75, 3.05) is 37.7 Å². The molecule has 1 atom stereocenters. The molecule has 0 aromatic carbocycles. The summed E-state index contributed by atoms with van der Waals surface area (Å²) in [6.07, 6.45) is 4.62. The molecular formula is C15H19N7O2. The summed E-state index contributed by atoms with van der Waals surface area (Å²) in [6.45, 7) is 3.56. The zero-order valence-electron chi connectivity index (χ0n) is 13.3. The Balaban J connectivity index is 1.36. The SMILES string of the molecule is O=C([C@@H]1CCCO1)N1CCN(c2ccc(-n3cncn3)nn2)CC1. The van der Waals surface area contributed by atoms with E-state index in [2.05, 4.69) is 25.2 Å². The van der Waals surface area contributed by atoms with Gasteiger partial charge < -0.3 is 14.5 Å². The first-order valence-electron chi connectivity index (χ1n) is 8.15. The Morgan fingerprint density at radius 3 is 2.54 bits per heavy atom. The third-order valence-corrected chi connectivity index (χ3v) is 4.41. The van der Waals surface area contributed by atoms with Crippen molar-refractivity contribution >= 4 is 11.7 Å². The number of nitrogens with zero attached hydrogens (tertiary/aromatic N) is 7. The van der Waals surface area contributed by atoms with E-state index in [1.165, 1.54) is 6.33 Å². The van der Waals surface area contributed by atoms with Gasteiger partial charge in [-0.3, -0.25) is 4.79 Å². The van der Waals surface area contributed by atoms with Gasteiger partial charge in [-0.2, -0.15) is 5.10 Å². The summed E-state index contributed by atoms with van der Waals surface area (Å²) in [5.74, 6) is 1.56. The third kappa shape index (κ3) is 2.94. The number of amides is 1. The molecule has 0 unspecified atom stereocenters. The summed E-state index contributed by atoms with van der Waals surface area (Å²) >= 11 is 0.